The third-order valence-electron chi connectivity index (χ3n) is 5.91. The molecule has 0 bridgehead atoms. The zero-order chi connectivity index (χ0) is 22.0. The summed E-state index contributed by atoms with van der Waals surface area (Å²) in [5.41, 5.74) is 5.41. The van der Waals surface area contributed by atoms with Crippen LogP contribution < -0.4 is 0 Å². The lowest BCUT2D eigenvalue weighted by atomic mass is 9.77. The molecule has 0 radical (unpaired) electrons. The highest BCUT2D eigenvalue weighted by atomic mass is 35.5. The van der Waals surface area contributed by atoms with Gasteiger partial charge in [0.1, 0.15) is 0 Å². The van der Waals surface area contributed by atoms with Gasteiger partial charge in [0.15, 0.2) is 11.6 Å². The molecule has 1 aliphatic rings. The van der Waals surface area contributed by atoms with Crippen LogP contribution in [0.1, 0.15) is 18.9 Å². The average Bonchev–Trinajstić information content (AvgIpc) is 2.85. The molecule has 5 rings (SSSR count). The largest absolute Gasteiger partial charge is 0.226 e. The molecule has 0 amide bonds. The molecule has 1 aliphatic carbocycles. The van der Waals surface area contributed by atoms with Gasteiger partial charge < -0.3 is 0 Å². The highest BCUT2D eigenvalue weighted by molar-refractivity contribution is 6.28. The van der Waals surface area contributed by atoms with Crippen LogP contribution in [0.4, 0.5) is 0 Å². The number of hydrogen-bond acceptors (Lipinski definition) is 3. The van der Waals surface area contributed by atoms with E-state index in [2.05, 4.69) is 89.7 Å². The lowest BCUT2D eigenvalue weighted by Crippen LogP contribution is -2.19. The Bertz CT molecular complexity index is 1290. The van der Waals surface area contributed by atoms with Crippen molar-refractivity contribution in [2.24, 2.45) is 0 Å². The molecule has 0 saturated carbocycles. The number of aromatic nitrogens is 3. The van der Waals surface area contributed by atoms with Crippen LogP contribution in [0.5, 0.6) is 0 Å². The fourth-order valence-corrected chi connectivity index (χ4v) is 4.15. The normalized spacial score (nSPS) is 17.4. The molecule has 1 unspecified atom stereocenters. The summed E-state index contributed by atoms with van der Waals surface area (Å²) in [7, 11) is 0. The van der Waals surface area contributed by atoms with E-state index >= 15 is 0 Å². The molecule has 0 aliphatic heterocycles. The second-order valence-corrected chi connectivity index (χ2v) is 8.52. The fourth-order valence-electron chi connectivity index (χ4n) is 3.99. The molecule has 0 fully saturated rings. The van der Waals surface area contributed by atoms with Crippen LogP contribution in [-0.4, -0.2) is 15.0 Å². The van der Waals surface area contributed by atoms with E-state index < -0.39 is 0 Å². The first-order valence-corrected chi connectivity index (χ1v) is 11.0. The van der Waals surface area contributed by atoms with Gasteiger partial charge in [-0.25, -0.2) is 4.98 Å². The predicted octanol–water partition coefficient (Wildman–Crippen LogP) is 7.30. The van der Waals surface area contributed by atoms with Crippen molar-refractivity contribution in [1.82, 2.24) is 15.0 Å². The zero-order valence-electron chi connectivity index (χ0n) is 17.7. The first-order valence-electron chi connectivity index (χ1n) is 10.6. The van der Waals surface area contributed by atoms with E-state index in [-0.39, 0.29) is 10.7 Å². The van der Waals surface area contributed by atoms with Gasteiger partial charge in [0.05, 0.1) is 0 Å². The summed E-state index contributed by atoms with van der Waals surface area (Å²) in [6.45, 7) is 2.25. The van der Waals surface area contributed by atoms with E-state index in [0.717, 1.165) is 23.1 Å². The number of rotatable bonds is 4. The van der Waals surface area contributed by atoms with Gasteiger partial charge in [-0.1, -0.05) is 110 Å². The van der Waals surface area contributed by atoms with Crippen molar-refractivity contribution in [2.75, 3.05) is 0 Å². The number of nitrogens with zero attached hydrogens (tertiary/aromatic N) is 3. The molecule has 3 nitrogen and oxygen atoms in total. The van der Waals surface area contributed by atoms with E-state index in [1.54, 1.807) is 0 Å². The van der Waals surface area contributed by atoms with E-state index in [9.17, 15) is 0 Å². The van der Waals surface area contributed by atoms with Crippen LogP contribution in [0, 0.1) is 0 Å². The van der Waals surface area contributed by atoms with E-state index in [1.807, 2.05) is 30.3 Å². The maximum absolute atomic E-state index is 6.27. The van der Waals surface area contributed by atoms with Gasteiger partial charge in [-0.3, -0.25) is 0 Å². The Kier molecular flexibility index (Phi) is 5.42. The molecule has 4 aromatic rings. The third-order valence-corrected chi connectivity index (χ3v) is 6.08. The molecular weight excluding hydrogens is 414 g/mol. The Morgan fingerprint density at radius 3 is 1.81 bits per heavy atom. The number of allylic oxidation sites excluding steroid dienone is 4. The van der Waals surface area contributed by atoms with Crippen LogP contribution in [0.15, 0.2) is 103 Å². The minimum atomic E-state index is 0.00961. The van der Waals surface area contributed by atoms with E-state index in [0.29, 0.717) is 11.6 Å². The lowest BCUT2D eigenvalue weighted by molar-refractivity contribution is 0.600. The second-order valence-electron chi connectivity index (χ2n) is 8.18. The van der Waals surface area contributed by atoms with E-state index in [4.69, 9.17) is 16.6 Å². The lowest BCUT2D eigenvalue weighted by Gasteiger charge is -2.27. The summed E-state index contributed by atoms with van der Waals surface area (Å²) in [4.78, 5) is 13.4. The molecule has 0 saturated heterocycles. The standard InChI is InChI=1S/C28H22ClN3/c1-28(18-6-3-7-19-28)24-16-14-23(15-17-24)26-30-25(31-27(29)32-26)22-12-10-21(11-13-22)20-8-4-2-5-9-20/h2-18H,19H2,1H3. The smallest absolute Gasteiger partial charge is 0.208 e. The average molecular weight is 436 g/mol. The van der Waals surface area contributed by atoms with Gasteiger partial charge in [0.25, 0.3) is 0 Å². The molecule has 156 valence electrons. The van der Waals surface area contributed by atoms with Gasteiger partial charge in [-0.2, -0.15) is 9.97 Å². The molecule has 32 heavy (non-hydrogen) atoms. The van der Waals surface area contributed by atoms with Crippen LogP contribution in [0.25, 0.3) is 33.9 Å². The topological polar surface area (TPSA) is 38.7 Å². The highest BCUT2D eigenvalue weighted by Gasteiger charge is 2.23. The van der Waals surface area contributed by atoms with Gasteiger partial charge >= 0.3 is 0 Å². The molecule has 1 aromatic heterocycles. The minimum Gasteiger partial charge on any atom is -0.208 e. The third kappa shape index (κ3) is 4.12. The van der Waals surface area contributed by atoms with Crippen LogP contribution >= 0.6 is 11.6 Å². The fraction of sp³-hybridized carbons (Fsp3) is 0.107. The van der Waals surface area contributed by atoms with Crippen molar-refractivity contribution in [2.45, 2.75) is 18.8 Å². The first kappa shape index (κ1) is 20.3. The number of hydrogen-bond donors (Lipinski definition) is 0. The molecule has 0 N–H and O–H groups in total. The predicted molar refractivity (Wildman–Crippen MR) is 131 cm³/mol. The number of halogens is 1. The Morgan fingerprint density at radius 2 is 1.22 bits per heavy atom. The monoisotopic (exact) mass is 435 g/mol. The summed E-state index contributed by atoms with van der Waals surface area (Å²) in [6.07, 6.45) is 9.65. The van der Waals surface area contributed by atoms with E-state index in [1.165, 1.54) is 11.1 Å². The summed E-state index contributed by atoms with van der Waals surface area (Å²) in [5.74, 6) is 1.14. The summed E-state index contributed by atoms with van der Waals surface area (Å²) in [5, 5.41) is 0.188. The molecule has 0 spiro atoms. The molecule has 4 heteroatoms. The Balaban J connectivity index is 1.44. The van der Waals surface area contributed by atoms with Crippen LogP contribution in [0.2, 0.25) is 5.28 Å². The van der Waals surface area contributed by atoms with Gasteiger partial charge in [0.2, 0.25) is 5.28 Å². The van der Waals surface area contributed by atoms with Crippen LogP contribution in [-0.2, 0) is 5.41 Å². The molecular formula is C28H22ClN3. The van der Waals surface area contributed by atoms with Crippen molar-refractivity contribution in [3.8, 4) is 33.9 Å². The zero-order valence-corrected chi connectivity index (χ0v) is 18.5. The minimum absolute atomic E-state index is 0.00961. The Morgan fingerprint density at radius 1 is 0.656 bits per heavy atom. The number of benzene rings is 3. The first-order chi connectivity index (χ1) is 15.6. The molecule has 1 atom stereocenters. The highest BCUT2D eigenvalue weighted by Crippen LogP contribution is 2.33. The van der Waals surface area contributed by atoms with Crippen LogP contribution in [0.3, 0.4) is 0 Å². The van der Waals surface area contributed by atoms with Gasteiger partial charge in [-0.15, -0.1) is 0 Å². The van der Waals surface area contributed by atoms with Crippen molar-refractivity contribution in [1.29, 1.82) is 0 Å². The van der Waals surface area contributed by atoms with Gasteiger partial charge in [0, 0.05) is 16.5 Å². The molecule has 1 heterocycles. The van der Waals surface area contributed by atoms with Crippen molar-refractivity contribution >= 4 is 11.6 Å². The van der Waals surface area contributed by atoms with Gasteiger partial charge in [-0.05, 0) is 34.7 Å². The Labute approximate surface area is 193 Å². The maximum Gasteiger partial charge on any atom is 0.226 e. The maximum atomic E-state index is 6.27. The van der Waals surface area contributed by atoms with Crippen molar-refractivity contribution < 1.29 is 0 Å². The van der Waals surface area contributed by atoms with Crippen molar-refractivity contribution in [3.05, 3.63) is 114 Å². The van der Waals surface area contributed by atoms with Crippen molar-refractivity contribution in [3.63, 3.8) is 0 Å². The summed E-state index contributed by atoms with van der Waals surface area (Å²) in [6, 6.07) is 26.9. The second kappa shape index (κ2) is 8.52. The quantitative estimate of drug-likeness (QED) is 0.337. The Hall–Kier alpha value is -3.56. The molecule has 3 aromatic carbocycles. The summed E-state index contributed by atoms with van der Waals surface area (Å²) < 4.78 is 0. The SMILES string of the molecule is CC1(c2ccc(-c3nc(Cl)nc(-c4ccc(-c5ccccc5)cc4)n3)cc2)C=CC=CC1. The summed E-state index contributed by atoms with van der Waals surface area (Å²) >= 11 is 6.27.